The second-order valence-electron chi connectivity index (χ2n) is 4.97. The second kappa shape index (κ2) is 4.60. The first kappa shape index (κ1) is 12.0. The molecule has 3 heteroatoms. The van der Waals surface area contributed by atoms with Crippen LogP contribution in [0.5, 0.6) is 0 Å². The van der Waals surface area contributed by atoms with Crippen LogP contribution >= 0.6 is 0 Å². The van der Waals surface area contributed by atoms with Crippen LogP contribution in [-0.4, -0.2) is 32.5 Å². The minimum Gasteiger partial charge on any atom is -0.381 e. The normalized spacial score (nSPS) is 28.3. The number of nitrogens with two attached hydrogens (primary N) is 1. The molecule has 1 unspecified atom stereocenters. The highest BCUT2D eigenvalue weighted by atomic mass is 16.5. The lowest BCUT2D eigenvalue weighted by molar-refractivity contribution is 0.00295. The van der Waals surface area contributed by atoms with E-state index in [0.29, 0.717) is 0 Å². The molecule has 0 saturated carbocycles. The standard InChI is InChI=1S/C11H23NO2/c1-10(2,13-3)4-5-11(8-12)6-7-14-9-11/h4-9,12H2,1-3H3. The Morgan fingerprint density at radius 3 is 2.64 bits per heavy atom. The van der Waals surface area contributed by atoms with Gasteiger partial charge in [-0.1, -0.05) is 0 Å². The fraction of sp³-hybridized carbons (Fsp3) is 1.00. The highest BCUT2D eigenvalue weighted by Crippen LogP contribution is 2.35. The number of hydrogen-bond acceptors (Lipinski definition) is 3. The van der Waals surface area contributed by atoms with Gasteiger partial charge in [0.1, 0.15) is 0 Å². The molecule has 1 heterocycles. The van der Waals surface area contributed by atoms with E-state index in [1.807, 2.05) is 0 Å². The van der Waals surface area contributed by atoms with E-state index in [0.717, 1.165) is 39.0 Å². The van der Waals surface area contributed by atoms with Crippen molar-refractivity contribution in [2.45, 2.75) is 38.7 Å². The molecule has 0 aromatic carbocycles. The third kappa shape index (κ3) is 2.94. The summed E-state index contributed by atoms with van der Waals surface area (Å²) in [4.78, 5) is 0. The summed E-state index contributed by atoms with van der Waals surface area (Å²) in [6.45, 7) is 6.65. The lowest BCUT2D eigenvalue weighted by Crippen LogP contribution is -2.34. The molecule has 0 bridgehead atoms. The zero-order valence-corrected chi connectivity index (χ0v) is 9.64. The van der Waals surface area contributed by atoms with Crippen molar-refractivity contribution in [3.05, 3.63) is 0 Å². The van der Waals surface area contributed by atoms with Crippen molar-refractivity contribution >= 4 is 0 Å². The topological polar surface area (TPSA) is 44.5 Å². The summed E-state index contributed by atoms with van der Waals surface area (Å²) in [5, 5.41) is 0. The number of rotatable bonds is 5. The molecule has 1 fully saturated rings. The number of hydrogen-bond donors (Lipinski definition) is 1. The maximum Gasteiger partial charge on any atom is 0.0623 e. The second-order valence-corrected chi connectivity index (χ2v) is 4.97. The fourth-order valence-corrected chi connectivity index (χ4v) is 1.78. The third-order valence-electron chi connectivity index (χ3n) is 3.43. The average molecular weight is 201 g/mol. The smallest absolute Gasteiger partial charge is 0.0623 e. The molecule has 1 aliphatic rings. The van der Waals surface area contributed by atoms with Crippen molar-refractivity contribution in [3.63, 3.8) is 0 Å². The Kier molecular flexibility index (Phi) is 3.93. The van der Waals surface area contributed by atoms with Gasteiger partial charge in [0, 0.05) is 25.7 Å². The van der Waals surface area contributed by atoms with Gasteiger partial charge >= 0.3 is 0 Å². The Balaban J connectivity index is 2.41. The molecule has 1 atom stereocenters. The molecular formula is C11H23NO2. The average Bonchev–Trinajstić information content (AvgIpc) is 2.65. The largest absolute Gasteiger partial charge is 0.381 e. The Hall–Kier alpha value is -0.120. The number of ether oxygens (including phenoxy) is 2. The molecule has 0 spiro atoms. The maximum absolute atomic E-state index is 5.82. The molecule has 0 aromatic heterocycles. The van der Waals surface area contributed by atoms with Crippen LogP contribution in [0.15, 0.2) is 0 Å². The van der Waals surface area contributed by atoms with Gasteiger partial charge in [-0.15, -0.1) is 0 Å². The van der Waals surface area contributed by atoms with Crippen LogP contribution in [0, 0.1) is 5.41 Å². The van der Waals surface area contributed by atoms with Crippen LogP contribution < -0.4 is 5.73 Å². The van der Waals surface area contributed by atoms with Gasteiger partial charge in [-0.3, -0.25) is 0 Å². The molecule has 2 N–H and O–H groups in total. The van der Waals surface area contributed by atoms with Gasteiger partial charge in [0.05, 0.1) is 12.2 Å². The molecular weight excluding hydrogens is 178 g/mol. The summed E-state index contributed by atoms with van der Waals surface area (Å²) < 4.78 is 10.8. The van der Waals surface area contributed by atoms with E-state index >= 15 is 0 Å². The molecule has 0 amide bonds. The van der Waals surface area contributed by atoms with E-state index in [2.05, 4.69) is 13.8 Å². The Bertz CT molecular complexity index is 174. The van der Waals surface area contributed by atoms with Gasteiger partial charge < -0.3 is 15.2 Å². The first-order chi connectivity index (χ1) is 6.54. The summed E-state index contributed by atoms with van der Waals surface area (Å²) in [5.74, 6) is 0. The van der Waals surface area contributed by atoms with Crippen molar-refractivity contribution in [2.24, 2.45) is 11.1 Å². The van der Waals surface area contributed by atoms with E-state index < -0.39 is 0 Å². The van der Waals surface area contributed by atoms with Gasteiger partial charge in [0.25, 0.3) is 0 Å². The molecule has 3 nitrogen and oxygen atoms in total. The molecule has 1 rings (SSSR count). The highest BCUT2D eigenvalue weighted by molar-refractivity contribution is 4.86. The molecule has 14 heavy (non-hydrogen) atoms. The minimum atomic E-state index is -0.0369. The summed E-state index contributed by atoms with van der Waals surface area (Å²) in [6.07, 6.45) is 3.25. The number of methoxy groups -OCH3 is 1. The minimum absolute atomic E-state index is 0.0369. The van der Waals surface area contributed by atoms with Crippen molar-refractivity contribution < 1.29 is 9.47 Å². The van der Waals surface area contributed by atoms with Crippen LogP contribution in [0.2, 0.25) is 0 Å². The van der Waals surface area contributed by atoms with E-state index in [-0.39, 0.29) is 11.0 Å². The zero-order valence-electron chi connectivity index (χ0n) is 9.64. The van der Waals surface area contributed by atoms with Crippen LogP contribution in [0.1, 0.15) is 33.1 Å². The Labute approximate surface area is 86.9 Å². The zero-order chi connectivity index (χ0) is 10.7. The SMILES string of the molecule is COC(C)(C)CCC1(CN)CCOC1. The molecule has 84 valence electrons. The predicted molar refractivity (Wildman–Crippen MR) is 57.2 cm³/mol. The Morgan fingerprint density at radius 2 is 2.21 bits per heavy atom. The third-order valence-corrected chi connectivity index (χ3v) is 3.43. The Morgan fingerprint density at radius 1 is 1.50 bits per heavy atom. The lowest BCUT2D eigenvalue weighted by atomic mass is 9.80. The predicted octanol–water partition coefficient (Wildman–Crippen LogP) is 1.56. The van der Waals surface area contributed by atoms with Crippen LogP contribution in [0.3, 0.4) is 0 Å². The summed E-state index contributed by atoms with van der Waals surface area (Å²) in [6, 6.07) is 0. The molecule has 1 saturated heterocycles. The summed E-state index contributed by atoms with van der Waals surface area (Å²) >= 11 is 0. The van der Waals surface area contributed by atoms with Gasteiger partial charge in [-0.25, -0.2) is 0 Å². The van der Waals surface area contributed by atoms with Crippen molar-refractivity contribution in [1.82, 2.24) is 0 Å². The fourth-order valence-electron chi connectivity index (χ4n) is 1.78. The van der Waals surface area contributed by atoms with E-state index in [4.69, 9.17) is 15.2 Å². The first-order valence-corrected chi connectivity index (χ1v) is 5.37. The summed E-state index contributed by atoms with van der Waals surface area (Å²) in [5.41, 5.74) is 6.00. The lowest BCUT2D eigenvalue weighted by Gasteiger charge is -2.30. The van der Waals surface area contributed by atoms with Crippen LogP contribution in [0.4, 0.5) is 0 Å². The monoisotopic (exact) mass is 201 g/mol. The molecule has 0 aliphatic carbocycles. The van der Waals surface area contributed by atoms with E-state index in [1.165, 1.54) is 0 Å². The summed E-state index contributed by atoms with van der Waals surface area (Å²) in [7, 11) is 1.76. The van der Waals surface area contributed by atoms with Crippen molar-refractivity contribution in [3.8, 4) is 0 Å². The van der Waals surface area contributed by atoms with E-state index in [1.54, 1.807) is 7.11 Å². The van der Waals surface area contributed by atoms with Gasteiger partial charge in [0.2, 0.25) is 0 Å². The van der Waals surface area contributed by atoms with Gasteiger partial charge in [-0.2, -0.15) is 0 Å². The molecule has 0 aromatic rings. The van der Waals surface area contributed by atoms with Gasteiger partial charge in [0.15, 0.2) is 0 Å². The first-order valence-electron chi connectivity index (χ1n) is 5.37. The van der Waals surface area contributed by atoms with Crippen molar-refractivity contribution in [1.29, 1.82) is 0 Å². The molecule has 0 radical (unpaired) electrons. The van der Waals surface area contributed by atoms with Gasteiger partial charge in [-0.05, 0) is 33.1 Å². The van der Waals surface area contributed by atoms with Crippen molar-refractivity contribution in [2.75, 3.05) is 26.9 Å². The quantitative estimate of drug-likeness (QED) is 0.734. The van der Waals surface area contributed by atoms with Crippen LogP contribution in [0.25, 0.3) is 0 Å². The highest BCUT2D eigenvalue weighted by Gasteiger charge is 2.35. The molecule has 1 aliphatic heterocycles. The maximum atomic E-state index is 5.82. The van der Waals surface area contributed by atoms with Crippen LogP contribution in [-0.2, 0) is 9.47 Å². The van der Waals surface area contributed by atoms with E-state index in [9.17, 15) is 0 Å².